The van der Waals surface area contributed by atoms with Crippen molar-refractivity contribution in [2.75, 3.05) is 7.11 Å². The van der Waals surface area contributed by atoms with Crippen molar-refractivity contribution in [1.82, 2.24) is 0 Å². The topological polar surface area (TPSA) is 26.3 Å². The fourth-order valence-electron chi connectivity index (χ4n) is 1.65. The van der Waals surface area contributed by atoms with Crippen molar-refractivity contribution in [2.45, 2.75) is 39.5 Å². The van der Waals surface area contributed by atoms with Gasteiger partial charge in [-0.05, 0) is 24.0 Å². The van der Waals surface area contributed by atoms with Crippen LogP contribution in [-0.2, 0) is 16.6 Å². The van der Waals surface area contributed by atoms with Crippen LogP contribution in [-0.4, -0.2) is 12.9 Å². The third-order valence-electron chi connectivity index (χ3n) is 2.59. The highest BCUT2D eigenvalue weighted by atomic mass is 16.5. The zero-order valence-electron chi connectivity index (χ0n) is 10.8. The predicted molar refractivity (Wildman–Crippen MR) is 66.1 cm³/mol. The van der Waals surface area contributed by atoms with Crippen molar-refractivity contribution in [3.63, 3.8) is 0 Å². The van der Waals surface area contributed by atoms with Crippen molar-refractivity contribution in [1.29, 1.82) is 0 Å². The number of Topliss-reactive ketones (excluding diaryl/α,β-unsaturated/α-hetero) is 1. The molecule has 0 heterocycles. The average molecular weight is 220 g/mol. The van der Waals surface area contributed by atoms with E-state index < -0.39 is 0 Å². The molecule has 0 aliphatic carbocycles. The third kappa shape index (κ3) is 3.09. The summed E-state index contributed by atoms with van der Waals surface area (Å²) >= 11 is 0. The normalized spacial score (nSPS) is 11.3. The van der Waals surface area contributed by atoms with E-state index in [4.69, 9.17) is 4.74 Å². The molecule has 2 nitrogen and oxygen atoms in total. The summed E-state index contributed by atoms with van der Waals surface area (Å²) < 4.78 is 5.26. The molecule has 2 heteroatoms. The minimum absolute atomic E-state index is 0.0951. The van der Waals surface area contributed by atoms with E-state index in [9.17, 15) is 4.79 Å². The first-order valence-corrected chi connectivity index (χ1v) is 5.51. The highest BCUT2D eigenvalue weighted by Crippen LogP contribution is 2.28. The SMILES string of the molecule is COc1ccc(C(C)(C)C)cc1CC(C)=O. The summed E-state index contributed by atoms with van der Waals surface area (Å²) in [6, 6.07) is 6.07. The standard InChI is InChI=1S/C14H20O2/c1-10(15)8-11-9-12(14(2,3)4)6-7-13(11)16-5/h6-7,9H,8H2,1-5H3. The van der Waals surface area contributed by atoms with Crippen molar-refractivity contribution >= 4 is 5.78 Å². The van der Waals surface area contributed by atoms with Crippen molar-refractivity contribution in [2.24, 2.45) is 0 Å². The lowest BCUT2D eigenvalue weighted by molar-refractivity contribution is -0.116. The van der Waals surface area contributed by atoms with Crippen LogP contribution in [0.4, 0.5) is 0 Å². The maximum Gasteiger partial charge on any atom is 0.134 e. The number of carbonyl (C=O) groups excluding carboxylic acids is 1. The molecule has 0 N–H and O–H groups in total. The van der Waals surface area contributed by atoms with Gasteiger partial charge in [-0.25, -0.2) is 0 Å². The molecular weight excluding hydrogens is 200 g/mol. The van der Waals surface area contributed by atoms with Crippen LogP contribution in [0.2, 0.25) is 0 Å². The lowest BCUT2D eigenvalue weighted by Gasteiger charge is -2.20. The zero-order valence-corrected chi connectivity index (χ0v) is 10.8. The summed E-state index contributed by atoms with van der Waals surface area (Å²) in [5.41, 5.74) is 2.30. The summed E-state index contributed by atoms with van der Waals surface area (Å²) in [5.74, 6) is 0.951. The zero-order chi connectivity index (χ0) is 12.3. The van der Waals surface area contributed by atoms with Gasteiger partial charge < -0.3 is 4.74 Å². The Bertz CT molecular complexity index is 386. The van der Waals surface area contributed by atoms with Crippen LogP contribution in [0.5, 0.6) is 5.75 Å². The number of methoxy groups -OCH3 is 1. The summed E-state index contributed by atoms with van der Waals surface area (Å²) in [6.45, 7) is 8.08. The molecule has 0 spiro atoms. The first-order valence-electron chi connectivity index (χ1n) is 5.51. The molecule has 0 saturated carbocycles. The molecule has 0 amide bonds. The largest absolute Gasteiger partial charge is 0.496 e. The van der Waals surface area contributed by atoms with Crippen molar-refractivity contribution < 1.29 is 9.53 Å². The molecule has 0 fully saturated rings. The van der Waals surface area contributed by atoms with Gasteiger partial charge >= 0.3 is 0 Å². The molecule has 0 aromatic heterocycles. The second-order valence-electron chi connectivity index (χ2n) is 5.16. The van der Waals surface area contributed by atoms with Gasteiger partial charge in [0.1, 0.15) is 11.5 Å². The summed E-state index contributed by atoms with van der Waals surface area (Å²) in [6.07, 6.45) is 0.438. The molecule has 0 aliphatic rings. The van der Waals surface area contributed by atoms with E-state index in [1.807, 2.05) is 6.07 Å². The van der Waals surface area contributed by atoms with Gasteiger partial charge in [0.2, 0.25) is 0 Å². The quantitative estimate of drug-likeness (QED) is 0.782. The molecule has 0 saturated heterocycles. The average Bonchev–Trinajstić information content (AvgIpc) is 2.15. The van der Waals surface area contributed by atoms with Gasteiger partial charge in [0.05, 0.1) is 7.11 Å². The van der Waals surface area contributed by atoms with Gasteiger partial charge in [-0.1, -0.05) is 32.9 Å². The maximum absolute atomic E-state index is 11.2. The van der Waals surface area contributed by atoms with Gasteiger partial charge in [-0.2, -0.15) is 0 Å². The Balaban J connectivity index is 3.16. The smallest absolute Gasteiger partial charge is 0.134 e. The van der Waals surface area contributed by atoms with Crippen molar-refractivity contribution in [3.05, 3.63) is 29.3 Å². The molecule has 1 aromatic carbocycles. The van der Waals surface area contributed by atoms with Crippen molar-refractivity contribution in [3.8, 4) is 5.75 Å². The number of rotatable bonds is 3. The van der Waals surface area contributed by atoms with E-state index in [1.54, 1.807) is 14.0 Å². The highest BCUT2D eigenvalue weighted by Gasteiger charge is 2.16. The molecule has 0 unspecified atom stereocenters. The van der Waals surface area contributed by atoms with E-state index in [0.717, 1.165) is 11.3 Å². The van der Waals surface area contributed by atoms with Gasteiger partial charge in [-0.15, -0.1) is 0 Å². The molecule has 1 rings (SSSR count). The summed E-state index contributed by atoms with van der Waals surface area (Å²) in [7, 11) is 1.63. The highest BCUT2D eigenvalue weighted by molar-refractivity contribution is 5.79. The molecule has 0 aliphatic heterocycles. The Morgan fingerprint density at radius 1 is 1.31 bits per heavy atom. The Morgan fingerprint density at radius 3 is 2.38 bits per heavy atom. The lowest BCUT2D eigenvalue weighted by Crippen LogP contribution is -2.12. The third-order valence-corrected chi connectivity index (χ3v) is 2.59. The predicted octanol–water partition coefficient (Wildman–Crippen LogP) is 3.12. The number of hydrogen-bond acceptors (Lipinski definition) is 2. The maximum atomic E-state index is 11.2. The number of ketones is 1. The molecule has 1 aromatic rings. The minimum Gasteiger partial charge on any atom is -0.496 e. The fourth-order valence-corrected chi connectivity index (χ4v) is 1.65. The Hall–Kier alpha value is -1.31. The van der Waals surface area contributed by atoms with Gasteiger partial charge in [-0.3, -0.25) is 4.79 Å². The summed E-state index contributed by atoms with van der Waals surface area (Å²) in [5, 5.41) is 0. The van der Waals surface area contributed by atoms with Crippen LogP contribution < -0.4 is 4.74 Å². The number of benzene rings is 1. The molecule has 0 radical (unpaired) electrons. The van der Waals surface area contributed by atoms with E-state index >= 15 is 0 Å². The second-order valence-corrected chi connectivity index (χ2v) is 5.16. The van der Waals surface area contributed by atoms with Crippen LogP contribution >= 0.6 is 0 Å². The molecule has 0 bridgehead atoms. The van der Waals surface area contributed by atoms with Crippen LogP contribution in [0.1, 0.15) is 38.8 Å². The molecular formula is C14H20O2. The van der Waals surface area contributed by atoms with Gasteiger partial charge in [0, 0.05) is 12.0 Å². The van der Waals surface area contributed by atoms with E-state index in [0.29, 0.717) is 6.42 Å². The lowest BCUT2D eigenvalue weighted by atomic mass is 9.85. The van der Waals surface area contributed by atoms with Gasteiger partial charge in [0.15, 0.2) is 0 Å². The number of carbonyl (C=O) groups is 1. The second kappa shape index (κ2) is 4.69. The fraction of sp³-hybridized carbons (Fsp3) is 0.500. The molecule has 88 valence electrons. The first kappa shape index (κ1) is 12.8. The monoisotopic (exact) mass is 220 g/mol. The minimum atomic E-state index is 0.0951. The van der Waals surface area contributed by atoms with Gasteiger partial charge in [0.25, 0.3) is 0 Å². The first-order chi connectivity index (χ1) is 7.34. The Kier molecular flexibility index (Phi) is 3.74. The number of ether oxygens (including phenoxy) is 1. The molecule has 16 heavy (non-hydrogen) atoms. The van der Waals surface area contributed by atoms with E-state index in [1.165, 1.54) is 5.56 Å². The van der Waals surface area contributed by atoms with Crippen LogP contribution in [0.3, 0.4) is 0 Å². The van der Waals surface area contributed by atoms with Crippen LogP contribution in [0.15, 0.2) is 18.2 Å². The summed E-state index contributed by atoms with van der Waals surface area (Å²) in [4.78, 5) is 11.2. The number of hydrogen-bond donors (Lipinski definition) is 0. The van der Waals surface area contributed by atoms with Crippen LogP contribution in [0.25, 0.3) is 0 Å². The molecule has 0 atom stereocenters. The van der Waals surface area contributed by atoms with E-state index in [-0.39, 0.29) is 11.2 Å². The van der Waals surface area contributed by atoms with E-state index in [2.05, 4.69) is 32.9 Å². The Labute approximate surface area is 97.6 Å². The Morgan fingerprint density at radius 2 is 1.94 bits per heavy atom. The van der Waals surface area contributed by atoms with Crippen LogP contribution in [0, 0.1) is 0 Å².